The van der Waals surface area contributed by atoms with Gasteiger partial charge in [-0.25, -0.2) is 12.8 Å². The van der Waals surface area contributed by atoms with Gasteiger partial charge in [0.15, 0.2) is 21.4 Å². The molecule has 1 aromatic rings. The molecule has 6 heteroatoms. The number of benzene rings is 1. The summed E-state index contributed by atoms with van der Waals surface area (Å²) >= 11 is 0. The summed E-state index contributed by atoms with van der Waals surface area (Å²) < 4.78 is 42.3. The van der Waals surface area contributed by atoms with E-state index in [1.165, 1.54) is 19.4 Å². The fourth-order valence-electron chi connectivity index (χ4n) is 3.12. The second kappa shape index (κ2) is 6.32. The molecular weight excluding hydrogens is 293 g/mol. The normalized spacial score (nSPS) is 22.7. The highest BCUT2D eigenvalue weighted by molar-refractivity contribution is 7.91. The Hall–Kier alpha value is -1.14. The highest BCUT2D eigenvalue weighted by atomic mass is 32.2. The molecule has 0 amide bonds. The molecule has 1 aromatic carbocycles. The van der Waals surface area contributed by atoms with Crippen LogP contribution >= 0.6 is 0 Å². The predicted molar refractivity (Wildman–Crippen MR) is 80.7 cm³/mol. The van der Waals surface area contributed by atoms with E-state index < -0.39 is 15.7 Å². The quantitative estimate of drug-likeness (QED) is 0.836. The largest absolute Gasteiger partial charge is 0.494 e. The maximum Gasteiger partial charge on any atom is 0.165 e. The van der Waals surface area contributed by atoms with E-state index in [1.807, 2.05) is 18.0 Å². The van der Waals surface area contributed by atoms with Crippen LogP contribution in [0.15, 0.2) is 18.2 Å². The van der Waals surface area contributed by atoms with Gasteiger partial charge in [0.2, 0.25) is 0 Å². The van der Waals surface area contributed by atoms with Gasteiger partial charge in [0.1, 0.15) is 0 Å². The van der Waals surface area contributed by atoms with Crippen molar-refractivity contribution in [2.75, 3.05) is 20.4 Å². The summed E-state index contributed by atoms with van der Waals surface area (Å²) in [6.07, 6.45) is 3.80. The number of hydrogen-bond acceptors (Lipinski definition) is 4. The van der Waals surface area contributed by atoms with Crippen molar-refractivity contribution in [2.45, 2.75) is 37.1 Å². The zero-order valence-corrected chi connectivity index (χ0v) is 13.5. The van der Waals surface area contributed by atoms with E-state index in [0.717, 1.165) is 18.4 Å². The van der Waals surface area contributed by atoms with Crippen molar-refractivity contribution < 1.29 is 17.5 Å². The van der Waals surface area contributed by atoms with Crippen molar-refractivity contribution in [1.29, 1.82) is 0 Å². The monoisotopic (exact) mass is 315 g/mol. The van der Waals surface area contributed by atoms with Gasteiger partial charge in [-0.15, -0.1) is 0 Å². The van der Waals surface area contributed by atoms with E-state index in [9.17, 15) is 12.8 Å². The van der Waals surface area contributed by atoms with Gasteiger partial charge in [-0.1, -0.05) is 12.5 Å². The minimum Gasteiger partial charge on any atom is -0.494 e. The average molecular weight is 315 g/mol. The summed E-state index contributed by atoms with van der Waals surface area (Å²) in [5, 5.41) is -0.314. The van der Waals surface area contributed by atoms with Crippen LogP contribution in [0.4, 0.5) is 4.39 Å². The van der Waals surface area contributed by atoms with Crippen LogP contribution < -0.4 is 4.74 Å². The molecule has 0 heterocycles. The molecule has 1 aliphatic rings. The van der Waals surface area contributed by atoms with Gasteiger partial charge in [0.25, 0.3) is 0 Å². The van der Waals surface area contributed by atoms with Gasteiger partial charge in [0.05, 0.1) is 12.4 Å². The summed E-state index contributed by atoms with van der Waals surface area (Å²) in [6.45, 7) is 0.525. The van der Waals surface area contributed by atoms with E-state index in [2.05, 4.69) is 0 Å². The fraction of sp³-hybridized carbons (Fsp3) is 0.600. The highest BCUT2D eigenvalue weighted by Gasteiger charge is 2.37. The number of halogens is 1. The molecule has 0 aliphatic heterocycles. The zero-order chi connectivity index (χ0) is 15.6. The van der Waals surface area contributed by atoms with Crippen molar-refractivity contribution in [3.63, 3.8) is 0 Å². The van der Waals surface area contributed by atoms with Crippen molar-refractivity contribution in [2.24, 2.45) is 0 Å². The molecule has 2 rings (SSSR count). The number of nitrogens with zero attached hydrogens (tertiary/aromatic N) is 1. The minimum atomic E-state index is -3.04. The summed E-state index contributed by atoms with van der Waals surface area (Å²) in [6, 6.07) is 4.86. The molecule has 118 valence electrons. The SMILES string of the molecule is COc1ccc(CN(C)[C@@H]2CCC[C@@H]2S(C)(=O)=O)cc1F. The van der Waals surface area contributed by atoms with Gasteiger partial charge in [-0.2, -0.15) is 0 Å². The molecule has 0 bridgehead atoms. The van der Waals surface area contributed by atoms with E-state index in [1.54, 1.807) is 6.07 Å². The molecular formula is C15H22FNO3S. The third-order valence-electron chi connectivity index (χ3n) is 4.18. The molecule has 2 atom stereocenters. The summed E-state index contributed by atoms with van der Waals surface area (Å²) in [7, 11) is 0.286. The number of ether oxygens (including phenoxy) is 1. The predicted octanol–water partition coefficient (Wildman–Crippen LogP) is 2.23. The van der Waals surface area contributed by atoms with E-state index in [-0.39, 0.29) is 17.0 Å². The lowest BCUT2D eigenvalue weighted by Gasteiger charge is -2.28. The lowest BCUT2D eigenvalue weighted by Crippen LogP contribution is -2.40. The molecule has 0 spiro atoms. The molecule has 21 heavy (non-hydrogen) atoms. The van der Waals surface area contributed by atoms with E-state index >= 15 is 0 Å². The summed E-state index contributed by atoms with van der Waals surface area (Å²) in [5.74, 6) is -0.175. The zero-order valence-electron chi connectivity index (χ0n) is 12.7. The Morgan fingerprint density at radius 1 is 1.38 bits per heavy atom. The van der Waals surface area contributed by atoms with Crippen molar-refractivity contribution >= 4 is 9.84 Å². The van der Waals surface area contributed by atoms with Gasteiger partial charge in [0, 0.05) is 18.8 Å². The van der Waals surface area contributed by atoms with Crippen LogP contribution in [0.25, 0.3) is 0 Å². The van der Waals surface area contributed by atoms with E-state index in [0.29, 0.717) is 13.0 Å². The molecule has 0 radical (unpaired) electrons. The standard InChI is InChI=1S/C15H22FNO3S/c1-17(13-5-4-6-15(13)21(3,18)19)10-11-7-8-14(20-2)12(16)9-11/h7-9,13,15H,4-6,10H2,1-3H3/t13-,15+/m1/s1. The van der Waals surface area contributed by atoms with Crippen LogP contribution in [0.1, 0.15) is 24.8 Å². The van der Waals surface area contributed by atoms with Gasteiger partial charge < -0.3 is 4.74 Å². The van der Waals surface area contributed by atoms with Gasteiger partial charge in [-0.05, 0) is 37.6 Å². The minimum absolute atomic E-state index is 0.00478. The number of hydrogen-bond donors (Lipinski definition) is 0. The van der Waals surface area contributed by atoms with Crippen molar-refractivity contribution in [3.8, 4) is 5.75 Å². The maximum atomic E-state index is 13.7. The molecule has 4 nitrogen and oxygen atoms in total. The van der Waals surface area contributed by atoms with Crippen LogP contribution in [-0.4, -0.2) is 45.0 Å². The molecule has 0 unspecified atom stereocenters. The molecule has 0 saturated heterocycles. The highest BCUT2D eigenvalue weighted by Crippen LogP contribution is 2.29. The number of rotatable bonds is 5. The molecule has 1 fully saturated rings. The molecule has 0 N–H and O–H groups in total. The Morgan fingerprint density at radius 2 is 2.10 bits per heavy atom. The average Bonchev–Trinajstić information content (AvgIpc) is 2.88. The fourth-order valence-corrected chi connectivity index (χ4v) is 4.63. The van der Waals surface area contributed by atoms with Crippen molar-refractivity contribution in [3.05, 3.63) is 29.6 Å². The van der Waals surface area contributed by atoms with Crippen LogP contribution in [0.5, 0.6) is 5.75 Å². The van der Waals surface area contributed by atoms with Gasteiger partial charge in [-0.3, -0.25) is 4.90 Å². The van der Waals surface area contributed by atoms with Crippen LogP contribution in [0.2, 0.25) is 0 Å². The lowest BCUT2D eigenvalue weighted by molar-refractivity contribution is 0.238. The topological polar surface area (TPSA) is 46.6 Å². The van der Waals surface area contributed by atoms with Crippen LogP contribution in [-0.2, 0) is 16.4 Å². The third kappa shape index (κ3) is 3.74. The Bertz CT molecular complexity index is 603. The second-order valence-corrected chi connectivity index (χ2v) is 8.01. The first-order valence-electron chi connectivity index (χ1n) is 7.04. The Morgan fingerprint density at radius 3 is 2.67 bits per heavy atom. The number of sulfone groups is 1. The third-order valence-corrected chi connectivity index (χ3v) is 5.83. The first kappa shape index (κ1) is 16.2. The smallest absolute Gasteiger partial charge is 0.165 e. The Balaban J connectivity index is 2.10. The molecule has 1 saturated carbocycles. The lowest BCUT2D eigenvalue weighted by atomic mass is 10.1. The summed E-state index contributed by atoms with van der Waals surface area (Å²) in [4.78, 5) is 2.01. The number of methoxy groups -OCH3 is 1. The van der Waals surface area contributed by atoms with Gasteiger partial charge >= 0.3 is 0 Å². The van der Waals surface area contributed by atoms with Crippen LogP contribution in [0, 0.1) is 5.82 Å². The Labute approximate surface area is 125 Å². The summed E-state index contributed by atoms with van der Waals surface area (Å²) in [5.41, 5.74) is 0.815. The first-order chi connectivity index (χ1) is 9.82. The Kier molecular flexibility index (Phi) is 4.88. The van der Waals surface area contributed by atoms with Crippen molar-refractivity contribution in [1.82, 2.24) is 4.90 Å². The second-order valence-electron chi connectivity index (χ2n) is 5.75. The maximum absolute atomic E-state index is 13.7. The molecule has 1 aliphatic carbocycles. The van der Waals surface area contributed by atoms with Crippen LogP contribution in [0.3, 0.4) is 0 Å². The van der Waals surface area contributed by atoms with E-state index in [4.69, 9.17) is 4.74 Å². The molecule has 0 aromatic heterocycles. The first-order valence-corrected chi connectivity index (χ1v) is 9.00.